The van der Waals surface area contributed by atoms with Gasteiger partial charge in [0.25, 0.3) is 0 Å². The van der Waals surface area contributed by atoms with Crippen LogP contribution in [-0.4, -0.2) is 23.7 Å². The number of carbonyl (C=O) groups is 1. The molecule has 0 aromatic carbocycles. The second-order valence-corrected chi connectivity index (χ2v) is 5.49. The van der Waals surface area contributed by atoms with Gasteiger partial charge < -0.3 is 9.47 Å². The lowest BCUT2D eigenvalue weighted by molar-refractivity contribution is -0.164. The fraction of sp³-hybridized carbons (Fsp3) is 0.636. The average molecular weight is 243 g/mol. The number of hydrogen-bond donors (Lipinski definition) is 0. The van der Waals surface area contributed by atoms with Crippen molar-refractivity contribution in [2.45, 2.75) is 39.4 Å². The zero-order valence-corrected chi connectivity index (χ0v) is 11.1. The molecular formula is C11H17NO3S. The van der Waals surface area contributed by atoms with E-state index in [2.05, 4.69) is 4.98 Å². The highest BCUT2D eigenvalue weighted by Crippen LogP contribution is 2.26. The Labute approximate surface area is 99.6 Å². The van der Waals surface area contributed by atoms with Gasteiger partial charge in [-0.1, -0.05) is 0 Å². The van der Waals surface area contributed by atoms with Crippen LogP contribution in [-0.2, 0) is 14.3 Å². The lowest BCUT2D eigenvalue weighted by Gasteiger charge is -2.24. The molecular weight excluding hydrogens is 226 g/mol. The summed E-state index contributed by atoms with van der Waals surface area (Å²) in [5.74, 6) is -0.416. The van der Waals surface area contributed by atoms with Crippen molar-refractivity contribution in [3.05, 3.63) is 16.1 Å². The Morgan fingerprint density at radius 2 is 2.12 bits per heavy atom. The van der Waals surface area contributed by atoms with Crippen LogP contribution in [0.1, 0.15) is 37.6 Å². The van der Waals surface area contributed by atoms with E-state index >= 15 is 0 Å². The monoisotopic (exact) mass is 243 g/mol. The molecule has 0 bridgehead atoms. The van der Waals surface area contributed by atoms with Crippen molar-refractivity contribution >= 4 is 17.3 Å². The van der Waals surface area contributed by atoms with Crippen molar-refractivity contribution in [3.8, 4) is 0 Å². The molecule has 0 aliphatic rings. The normalized spacial score (nSPS) is 13.6. The van der Waals surface area contributed by atoms with Crippen LogP contribution in [0.5, 0.6) is 0 Å². The zero-order valence-electron chi connectivity index (χ0n) is 10.2. The number of thiazole rings is 1. The summed E-state index contributed by atoms with van der Waals surface area (Å²) in [5, 5.41) is 2.73. The van der Waals surface area contributed by atoms with Crippen LogP contribution in [0.25, 0.3) is 0 Å². The lowest BCUT2D eigenvalue weighted by Crippen LogP contribution is -2.28. The molecule has 0 saturated carbocycles. The number of esters is 1. The Kier molecular flexibility index (Phi) is 4.04. The third kappa shape index (κ3) is 3.57. The van der Waals surface area contributed by atoms with Crippen LogP contribution < -0.4 is 0 Å². The van der Waals surface area contributed by atoms with E-state index in [-0.39, 0.29) is 0 Å². The minimum Gasteiger partial charge on any atom is -0.467 e. The van der Waals surface area contributed by atoms with Crippen molar-refractivity contribution in [1.82, 2.24) is 4.98 Å². The van der Waals surface area contributed by atoms with Gasteiger partial charge in [-0.2, -0.15) is 0 Å². The summed E-state index contributed by atoms with van der Waals surface area (Å²) in [6, 6.07) is 0. The molecule has 0 saturated heterocycles. The molecule has 0 aliphatic carbocycles. The van der Waals surface area contributed by atoms with Gasteiger partial charge in [0.1, 0.15) is 0 Å². The second-order valence-electron chi connectivity index (χ2n) is 4.42. The van der Waals surface area contributed by atoms with E-state index in [1.807, 2.05) is 33.1 Å². The highest BCUT2D eigenvalue weighted by molar-refractivity contribution is 7.09. The summed E-state index contributed by atoms with van der Waals surface area (Å²) in [7, 11) is 1.35. The molecule has 4 nitrogen and oxygen atoms in total. The van der Waals surface area contributed by atoms with Gasteiger partial charge in [0.05, 0.1) is 23.4 Å². The van der Waals surface area contributed by atoms with Crippen molar-refractivity contribution in [2.75, 3.05) is 7.11 Å². The molecule has 0 spiro atoms. The summed E-state index contributed by atoms with van der Waals surface area (Å²) in [5.41, 5.74) is 0.195. The molecule has 1 rings (SSSR count). The molecule has 0 radical (unpaired) electrons. The number of hydrogen-bond acceptors (Lipinski definition) is 5. The summed E-state index contributed by atoms with van der Waals surface area (Å²) in [6.07, 6.45) is -0.741. The van der Waals surface area contributed by atoms with Gasteiger partial charge in [0.15, 0.2) is 6.10 Å². The number of nitrogens with zero attached hydrogens (tertiary/aromatic N) is 1. The van der Waals surface area contributed by atoms with Crippen LogP contribution in [0, 0.1) is 6.92 Å². The Hall–Kier alpha value is -0.940. The summed E-state index contributed by atoms with van der Waals surface area (Å²) >= 11 is 1.49. The summed E-state index contributed by atoms with van der Waals surface area (Å²) in [4.78, 5) is 15.9. The Morgan fingerprint density at radius 1 is 1.50 bits per heavy atom. The third-order valence-corrected chi connectivity index (χ3v) is 2.58. The maximum absolute atomic E-state index is 11.6. The average Bonchev–Trinajstić information content (AvgIpc) is 2.58. The third-order valence-electron chi connectivity index (χ3n) is 1.79. The Morgan fingerprint density at radius 3 is 2.50 bits per heavy atom. The van der Waals surface area contributed by atoms with Gasteiger partial charge in [0.2, 0.25) is 0 Å². The largest absolute Gasteiger partial charge is 0.467 e. The van der Waals surface area contributed by atoms with Crippen molar-refractivity contribution < 1.29 is 14.3 Å². The smallest absolute Gasteiger partial charge is 0.341 e. The van der Waals surface area contributed by atoms with E-state index in [4.69, 9.17) is 9.47 Å². The molecule has 0 aliphatic heterocycles. The Bertz CT molecular complexity index is 368. The first-order valence-corrected chi connectivity index (χ1v) is 5.89. The molecule has 16 heavy (non-hydrogen) atoms. The van der Waals surface area contributed by atoms with E-state index in [1.165, 1.54) is 18.4 Å². The van der Waals surface area contributed by atoms with E-state index in [0.29, 0.717) is 5.69 Å². The van der Waals surface area contributed by atoms with Crippen LogP contribution >= 0.6 is 11.3 Å². The van der Waals surface area contributed by atoms with E-state index < -0.39 is 17.7 Å². The number of methoxy groups -OCH3 is 1. The van der Waals surface area contributed by atoms with Crippen LogP contribution in [0.2, 0.25) is 0 Å². The first-order valence-electron chi connectivity index (χ1n) is 5.01. The number of ether oxygens (including phenoxy) is 2. The van der Waals surface area contributed by atoms with Crippen molar-refractivity contribution in [3.63, 3.8) is 0 Å². The quantitative estimate of drug-likeness (QED) is 0.765. The van der Waals surface area contributed by atoms with Gasteiger partial charge >= 0.3 is 5.97 Å². The molecule has 1 aromatic heterocycles. The van der Waals surface area contributed by atoms with Crippen molar-refractivity contribution in [1.29, 1.82) is 0 Å². The standard InChI is InChI=1S/C11H17NO3S/c1-7-12-8(6-16-7)9(10(13)14-5)15-11(2,3)4/h6,9H,1-5H3. The lowest BCUT2D eigenvalue weighted by atomic mass is 10.1. The Balaban J connectivity index is 2.92. The maximum Gasteiger partial charge on any atom is 0.341 e. The SMILES string of the molecule is COC(=O)C(OC(C)(C)C)c1csc(C)n1. The minimum atomic E-state index is -0.741. The first kappa shape index (κ1) is 13.1. The number of aryl methyl sites for hydroxylation is 1. The van der Waals surface area contributed by atoms with Crippen LogP contribution in [0.15, 0.2) is 5.38 Å². The van der Waals surface area contributed by atoms with E-state index in [1.54, 1.807) is 0 Å². The van der Waals surface area contributed by atoms with Gasteiger partial charge in [-0.05, 0) is 27.7 Å². The number of carbonyl (C=O) groups excluding carboxylic acids is 1. The molecule has 0 N–H and O–H groups in total. The predicted octanol–water partition coefficient (Wildman–Crippen LogP) is 2.48. The van der Waals surface area contributed by atoms with E-state index in [9.17, 15) is 4.79 Å². The highest BCUT2D eigenvalue weighted by Gasteiger charge is 2.29. The van der Waals surface area contributed by atoms with Gasteiger partial charge in [0, 0.05) is 5.38 Å². The molecule has 1 aromatic rings. The molecule has 0 amide bonds. The molecule has 5 heteroatoms. The molecule has 1 atom stereocenters. The number of rotatable bonds is 3. The second kappa shape index (κ2) is 4.93. The van der Waals surface area contributed by atoms with Crippen LogP contribution in [0.3, 0.4) is 0 Å². The fourth-order valence-corrected chi connectivity index (χ4v) is 1.82. The predicted molar refractivity (Wildman–Crippen MR) is 62.4 cm³/mol. The molecule has 0 fully saturated rings. The van der Waals surface area contributed by atoms with Crippen molar-refractivity contribution in [2.24, 2.45) is 0 Å². The van der Waals surface area contributed by atoms with Crippen LogP contribution in [0.4, 0.5) is 0 Å². The van der Waals surface area contributed by atoms with Gasteiger partial charge in [-0.3, -0.25) is 0 Å². The first-order chi connectivity index (χ1) is 7.33. The minimum absolute atomic E-state index is 0.416. The summed E-state index contributed by atoms with van der Waals surface area (Å²) < 4.78 is 10.4. The zero-order chi connectivity index (χ0) is 12.3. The topological polar surface area (TPSA) is 48.4 Å². The van der Waals surface area contributed by atoms with Gasteiger partial charge in [-0.15, -0.1) is 11.3 Å². The molecule has 1 unspecified atom stereocenters. The highest BCUT2D eigenvalue weighted by atomic mass is 32.1. The molecule has 90 valence electrons. The number of aromatic nitrogens is 1. The molecule has 1 heterocycles. The van der Waals surface area contributed by atoms with E-state index in [0.717, 1.165) is 5.01 Å². The summed E-state index contributed by atoms with van der Waals surface area (Å²) in [6.45, 7) is 7.56. The fourth-order valence-electron chi connectivity index (χ4n) is 1.19. The van der Waals surface area contributed by atoms with Gasteiger partial charge in [-0.25, -0.2) is 9.78 Å². The maximum atomic E-state index is 11.6.